The second kappa shape index (κ2) is 7.41. The van der Waals surface area contributed by atoms with Gasteiger partial charge in [0.1, 0.15) is 0 Å². The maximum absolute atomic E-state index is 11.7. The van der Waals surface area contributed by atoms with E-state index in [4.69, 9.17) is 4.74 Å². The monoisotopic (exact) mass is 227 g/mol. The minimum absolute atomic E-state index is 0.126. The van der Waals surface area contributed by atoms with Gasteiger partial charge in [-0.3, -0.25) is 4.79 Å². The van der Waals surface area contributed by atoms with Crippen molar-refractivity contribution in [2.24, 2.45) is 0 Å². The summed E-state index contributed by atoms with van der Waals surface area (Å²) in [5.74, 6) is 0.126. The van der Waals surface area contributed by atoms with Gasteiger partial charge in [0.05, 0.1) is 12.7 Å². The highest BCUT2D eigenvalue weighted by Crippen LogP contribution is 2.11. The summed E-state index contributed by atoms with van der Waals surface area (Å²) in [5.41, 5.74) is 0. The van der Waals surface area contributed by atoms with Crippen molar-refractivity contribution in [2.75, 3.05) is 26.3 Å². The number of β-amino-alcohol motifs (C(OH)–C–C–N with tert-alkyl or cyclic N) is 1. The van der Waals surface area contributed by atoms with Crippen LogP contribution in [-0.4, -0.2) is 48.3 Å². The topological polar surface area (TPSA) is 49.8 Å². The van der Waals surface area contributed by atoms with Crippen molar-refractivity contribution >= 4 is 5.91 Å². The molecule has 0 aromatic carbocycles. The first-order valence-corrected chi connectivity index (χ1v) is 5.88. The lowest BCUT2D eigenvalue weighted by atomic mass is 10.1. The summed E-state index contributed by atoms with van der Waals surface area (Å²) in [5, 5.41) is 9.44. The number of hydrogen-bond acceptors (Lipinski definition) is 3. The number of carbonyl (C=O) groups excluding carboxylic acids is 1. The van der Waals surface area contributed by atoms with Crippen LogP contribution < -0.4 is 0 Å². The van der Waals surface area contributed by atoms with Crippen molar-refractivity contribution in [1.82, 2.24) is 4.90 Å². The largest absolute Gasteiger partial charge is 0.391 e. The Morgan fingerprint density at radius 1 is 1.62 bits per heavy atom. The minimum Gasteiger partial charge on any atom is -0.391 e. The summed E-state index contributed by atoms with van der Waals surface area (Å²) < 4.78 is 5.20. The Kier molecular flexibility index (Phi) is 6.11. The maximum atomic E-state index is 11.7. The van der Waals surface area contributed by atoms with E-state index in [2.05, 4.69) is 6.58 Å². The standard InChI is InChI=1S/C12H21NO3/c1-2-8-16-9-4-6-12(15)13-7-3-5-11(14)10-13/h2,11,14H,1,3-10H2. The third kappa shape index (κ3) is 4.77. The zero-order chi connectivity index (χ0) is 11.8. The van der Waals surface area contributed by atoms with E-state index in [1.807, 2.05) is 0 Å². The molecular weight excluding hydrogens is 206 g/mol. The lowest BCUT2D eigenvalue weighted by Crippen LogP contribution is -2.42. The fourth-order valence-corrected chi connectivity index (χ4v) is 1.83. The Labute approximate surface area is 96.9 Å². The summed E-state index contributed by atoms with van der Waals surface area (Å²) in [6.07, 6.45) is 4.31. The van der Waals surface area contributed by atoms with Crippen LogP contribution in [0, 0.1) is 0 Å². The molecule has 0 saturated carbocycles. The van der Waals surface area contributed by atoms with E-state index >= 15 is 0 Å². The highest BCUT2D eigenvalue weighted by atomic mass is 16.5. The number of carbonyl (C=O) groups is 1. The Hall–Kier alpha value is -0.870. The number of likely N-dealkylation sites (tertiary alicyclic amines) is 1. The van der Waals surface area contributed by atoms with Gasteiger partial charge in [0.25, 0.3) is 0 Å². The molecule has 16 heavy (non-hydrogen) atoms. The molecule has 0 aromatic rings. The first kappa shape index (κ1) is 13.2. The molecule has 0 aromatic heterocycles. The molecule has 1 amide bonds. The van der Waals surface area contributed by atoms with Gasteiger partial charge in [0.2, 0.25) is 5.91 Å². The van der Waals surface area contributed by atoms with E-state index in [9.17, 15) is 9.90 Å². The normalized spacial score (nSPS) is 20.8. The molecule has 0 radical (unpaired) electrons. The number of amides is 1. The lowest BCUT2D eigenvalue weighted by Gasteiger charge is -2.30. The highest BCUT2D eigenvalue weighted by molar-refractivity contribution is 5.76. The SMILES string of the molecule is C=CCOCCCC(=O)N1CCCC(O)C1. The summed E-state index contributed by atoms with van der Waals surface area (Å²) in [6.45, 7) is 5.95. The van der Waals surface area contributed by atoms with Gasteiger partial charge in [-0.15, -0.1) is 6.58 Å². The molecule has 1 saturated heterocycles. The Morgan fingerprint density at radius 3 is 3.12 bits per heavy atom. The van der Waals surface area contributed by atoms with E-state index in [1.165, 1.54) is 0 Å². The molecule has 1 aliphatic heterocycles. The zero-order valence-corrected chi connectivity index (χ0v) is 9.73. The van der Waals surface area contributed by atoms with Crippen LogP contribution >= 0.6 is 0 Å². The Balaban J connectivity index is 2.11. The van der Waals surface area contributed by atoms with Crippen LogP contribution in [0.4, 0.5) is 0 Å². The quantitative estimate of drug-likeness (QED) is 0.543. The zero-order valence-electron chi connectivity index (χ0n) is 9.73. The predicted molar refractivity (Wildman–Crippen MR) is 62.1 cm³/mol. The molecule has 1 N–H and O–H groups in total. The molecule has 1 unspecified atom stereocenters. The summed E-state index contributed by atoms with van der Waals surface area (Å²) in [6, 6.07) is 0. The van der Waals surface area contributed by atoms with Gasteiger partial charge in [-0.1, -0.05) is 6.08 Å². The van der Waals surface area contributed by atoms with Crippen LogP contribution in [0.5, 0.6) is 0 Å². The van der Waals surface area contributed by atoms with Crippen LogP contribution in [0.1, 0.15) is 25.7 Å². The van der Waals surface area contributed by atoms with E-state index in [0.29, 0.717) is 26.2 Å². The van der Waals surface area contributed by atoms with Crippen LogP contribution in [0.15, 0.2) is 12.7 Å². The number of hydrogen-bond donors (Lipinski definition) is 1. The molecule has 4 nitrogen and oxygen atoms in total. The molecular formula is C12H21NO3. The molecule has 1 fully saturated rings. The van der Waals surface area contributed by atoms with E-state index < -0.39 is 0 Å². The second-order valence-corrected chi connectivity index (χ2v) is 4.10. The number of piperidine rings is 1. The van der Waals surface area contributed by atoms with Gasteiger partial charge in [0, 0.05) is 26.1 Å². The molecule has 92 valence electrons. The fraction of sp³-hybridized carbons (Fsp3) is 0.750. The van der Waals surface area contributed by atoms with Gasteiger partial charge < -0.3 is 14.7 Å². The number of nitrogens with zero attached hydrogens (tertiary/aromatic N) is 1. The first-order chi connectivity index (χ1) is 7.74. The number of aliphatic hydroxyl groups excluding tert-OH is 1. The molecule has 4 heteroatoms. The number of ether oxygens (including phenoxy) is 1. The second-order valence-electron chi connectivity index (χ2n) is 4.10. The van der Waals surface area contributed by atoms with Crippen LogP contribution in [0.3, 0.4) is 0 Å². The lowest BCUT2D eigenvalue weighted by molar-refractivity contribution is -0.134. The van der Waals surface area contributed by atoms with Crippen LogP contribution in [-0.2, 0) is 9.53 Å². The molecule has 0 bridgehead atoms. The van der Waals surface area contributed by atoms with E-state index in [1.54, 1.807) is 11.0 Å². The van der Waals surface area contributed by atoms with Gasteiger partial charge in [-0.2, -0.15) is 0 Å². The van der Waals surface area contributed by atoms with Crippen molar-refractivity contribution in [3.63, 3.8) is 0 Å². The third-order valence-corrected chi connectivity index (χ3v) is 2.66. The van der Waals surface area contributed by atoms with Gasteiger partial charge >= 0.3 is 0 Å². The maximum Gasteiger partial charge on any atom is 0.222 e. The molecule has 1 atom stereocenters. The van der Waals surface area contributed by atoms with Crippen LogP contribution in [0.2, 0.25) is 0 Å². The first-order valence-electron chi connectivity index (χ1n) is 5.88. The van der Waals surface area contributed by atoms with Crippen LogP contribution in [0.25, 0.3) is 0 Å². The highest BCUT2D eigenvalue weighted by Gasteiger charge is 2.21. The summed E-state index contributed by atoms with van der Waals surface area (Å²) in [7, 11) is 0. The molecule has 1 heterocycles. The van der Waals surface area contributed by atoms with Crippen molar-refractivity contribution in [1.29, 1.82) is 0 Å². The van der Waals surface area contributed by atoms with E-state index in [0.717, 1.165) is 25.8 Å². The van der Waals surface area contributed by atoms with Crippen molar-refractivity contribution in [2.45, 2.75) is 31.8 Å². The molecule has 0 spiro atoms. The fourth-order valence-electron chi connectivity index (χ4n) is 1.83. The van der Waals surface area contributed by atoms with Gasteiger partial charge in [-0.25, -0.2) is 0 Å². The molecule has 0 aliphatic carbocycles. The smallest absolute Gasteiger partial charge is 0.222 e. The average molecular weight is 227 g/mol. The Bertz CT molecular complexity index is 230. The summed E-state index contributed by atoms with van der Waals surface area (Å²) >= 11 is 0. The van der Waals surface area contributed by atoms with E-state index in [-0.39, 0.29) is 12.0 Å². The Morgan fingerprint density at radius 2 is 2.44 bits per heavy atom. The molecule has 1 aliphatic rings. The van der Waals surface area contributed by atoms with Crippen molar-refractivity contribution in [3.8, 4) is 0 Å². The molecule has 1 rings (SSSR count). The van der Waals surface area contributed by atoms with Crippen molar-refractivity contribution in [3.05, 3.63) is 12.7 Å². The number of rotatable bonds is 6. The minimum atomic E-state index is -0.338. The summed E-state index contributed by atoms with van der Waals surface area (Å²) in [4.78, 5) is 13.5. The third-order valence-electron chi connectivity index (χ3n) is 2.66. The predicted octanol–water partition coefficient (Wildman–Crippen LogP) is 0.952. The average Bonchev–Trinajstić information content (AvgIpc) is 2.28. The van der Waals surface area contributed by atoms with Crippen molar-refractivity contribution < 1.29 is 14.6 Å². The van der Waals surface area contributed by atoms with Gasteiger partial charge in [-0.05, 0) is 19.3 Å². The van der Waals surface area contributed by atoms with Gasteiger partial charge in [0.15, 0.2) is 0 Å². The number of aliphatic hydroxyl groups is 1.